The summed E-state index contributed by atoms with van der Waals surface area (Å²) in [4.78, 5) is 21.9. The van der Waals surface area contributed by atoms with Crippen LogP contribution in [0, 0.1) is 20.8 Å². The van der Waals surface area contributed by atoms with E-state index in [2.05, 4.69) is 9.97 Å². The van der Waals surface area contributed by atoms with Crippen LogP contribution in [0.5, 0.6) is 0 Å². The molecule has 0 fully saturated rings. The molecule has 4 rings (SSSR count). The first-order valence-electron chi connectivity index (χ1n) is 9.83. The zero-order valence-corrected chi connectivity index (χ0v) is 19.6. The molecule has 1 unspecified atom stereocenters. The summed E-state index contributed by atoms with van der Waals surface area (Å²) < 4.78 is 26.3. The smallest absolute Gasteiger partial charge is 0.292 e. The minimum atomic E-state index is -2.54. The van der Waals surface area contributed by atoms with Gasteiger partial charge in [0.25, 0.3) is 17.2 Å². The van der Waals surface area contributed by atoms with Crippen molar-refractivity contribution in [1.29, 1.82) is 0 Å². The number of halogens is 1. The third-order valence-electron chi connectivity index (χ3n) is 5.42. The number of fused-ring (bicyclic) bond motifs is 1. The molecule has 8 nitrogen and oxygen atoms in total. The normalized spacial score (nSPS) is 12.3. The van der Waals surface area contributed by atoms with Crippen LogP contribution in [0.4, 0.5) is 5.69 Å². The standard InChI is InChI=1S/C22H22ClN5O3S/c1-13-5-7-17(8-6-13)28(32(30)31)22(29)20-12-27(15(3)25-20)11-16-9-19-21(10-18(16)23)26(4)14(2)24-19/h5-10,12H,11H2,1-4H3,(H,30,31). The topological polar surface area (TPSA) is 93.3 Å². The molecular weight excluding hydrogens is 450 g/mol. The van der Waals surface area contributed by atoms with E-state index in [-0.39, 0.29) is 5.69 Å². The van der Waals surface area contributed by atoms with Crippen LogP contribution in [-0.2, 0) is 24.9 Å². The van der Waals surface area contributed by atoms with Gasteiger partial charge in [0, 0.05) is 18.3 Å². The highest BCUT2D eigenvalue weighted by Crippen LogP contribution is 2.26. The molecule has 2 aromatic heterocycles. The van der Waals surface area contributed by atoms with E-state index in [9.17, 15) is 13.6 Å². The Morgan fingerprint density at radius 3 is 2.47 bits per heavy atom. The molecule has 1 amide bonds. The van der Waals surface area contributed by atoms with Crippen LogP contribution in [-0.4, -0.2) is 33.8 Å². The maximum atomic E-state index is 13.0. The molecule has 0 bridgehead atoms. The zero-order valence-electron chi connectivity index (χ0n) is 18.0. The van der Waals surface area contributed by atoms with Gasteiger partial charge in [0.1, 0.15) is 17.3 Å². The van der Waals surface area contributed by atoms with Gasteiger partial charge in [0.2, 0.25) is 0 Å². The maximum absolute atomic E-state index is 13.0. The number of carbonyl (C=O) groups is 1. The van der Waals surface area contributed by atoms with Gasteiger partial charge in [-0.2, -0.15) is 0 Å². The molecule has 166 valence electrons. The number of amides is 1. The Hall–Kier alpha value is -3.01. The van der Waals surface area contributed by atoms with Gasteiger partial charge in [0.05, 0.1) is 23.3 Å². The fraction of sp³-hybridized carbons (Fsp3) is 0.227. The third-order valence-corrected chi connectivity index (χ3v) is 6.46. The number of nitrogens with zero attached hydrogens (tertiary/aromatic N) is 5. The minimum absolute atomic E-state index is 0.0661. The number of rotatable bonds is 5. The molecule has 32 heavy (non-hydrogen) atoms. The van der Waals surface area contributed by atoms with Crippen LogP contribution in [0.2, 0.25) is 5.02 Å². The molecule has 0 spiro atoms. The molecule has 2 aromatic carbocycles. The third kappa shape index (κ3) is 4.06. The largest absolute Gasteiger partial charge is 0.331 e. The lowest BCUT2D eigenvalue weighted by Crippen LogP contribution is -2.32. The van der Waals surface area contributed by atoms with E-state index < -0.39 is 17.2 Å². The number of hydrogen-bond acceptors (Lipinski definition) is 4. The first-order chi connectivity index (χ1) is 15.2. The molecule has 4 aromatic rings. The minimum Gasteiger partial charge on any atom is -0.331 e. The highest BCUT2D eigenvalue weighted by Gasteiger charge is 2.26. The van der Waals surface area contributed by atoms with Crippen molar-refractivity contribution in [1.82, 2.24) is 19.1 Å². The van der Waals surface area contributed by atoms with Crippen molar-refractivity contribution in [2.75, 3.05) is 4.31 Å². The van der Waals surface area contributed by atoms with Gasteiger partial charge < -0.3 is 9.13 Å². The molecule has 1 N–H and O–H groups in total. The van der Waals surface area contributed by atoms with Gasteiger partial charge in [-0.3, -0.25) is 9.35 Å². The van der Waals surface area contributed by atoms with Gasteiger partial charge in [-0.05, 0) is 50.6 Å². The molecule has 2 heterocycles. The molecule has 0 aliphatic rings. The van der Waals surface area contributed by atoms with Gasteiger partial charge in [-0.15, -0.1) is 0 Å². The van der Waals surface area contributed by atoms with Crippen LogP contribution in [0.3, 0.4) is 0 Å². The van der Waals surface area contributed by atoms with E-state index in [1.807, 2.05) is 37.6 Å². The number of anilines is 1. The number of imidazole rings is 2. The van der Waals surface area contributed by atoms with Crippen LogP contribution < -0.4 is 4.31 Å². The number of hydrogen-bond donors (Lipinski definition) is 1. The second-order valence-corrected chi connectivity index (χ2v) is 8.85. The van der Waals surface area contributed by atoms with Gasteiger partial charge >= 0.3 is 0 Å². The van der Waals surface area contributed by atoms with Crippen molar-refractivity contribution >= 4 is 45.5 Å². The zero-order chi connectivity index (χ0) is 23.2. The average Bonchev–Trinajstić information content (AvgIpc) is 3.23. The molecule has 10 heteroatoms. The Balaban J connectivity index is 1.66. The van der Waals surface area contributed by atoms with Crippen molar-refractivity contribution in [3.63, 3.8) is 0 Å². The molecule has 0 saturated carbocycles. The highest BCUT2D eigenvalue weighted by atomic mass is 35.5. The van der Waals surface area contributed by atoms with Crippen molar-refractivity contribution in [3.05, 3.63) is 76.1 Å². The van der Waals surface area contributed by atoms with Crippen LogP contribution in [0.1, 0.15) is 33.3 Å². The van der Waals surface area contributed by atoms with Crippen molar-refractivity contribution in [2.45, 2.75) is 27.3 Å². The Morgan fingerprint density at radius 2 is 1.81 bits per heavy atom. The van der Waals surface area contributed by atoms with E-state index in [4.69, 9.17) is 11.6 Å². The monoisotopic (exact) mass is 471 g/mol. The lowest BCUT2D eigenvalue weighted by atomic mass is 10.2. The Morgan fingerprint density at radius 1 is 1.12 bits per heavy atom. The predicted octanol–water partition coefficient (Wildman–Crippen LogP) is 4.18. The number of aryl methyl sites for hydroxylation is 4. The summed E-state index contributed by atoms with van der Waals surface area (Å²) in [5, 5.41) is 0.583. The summed E-state index contributed by atoms with van der Waals surface area (Å²) in [5.41, 5.74) is 3.96. The van der Waals surface area contributed by atoms with E-state index in [1.54, 1.807) is 42.0 Å². The lowest BCUT2D eigenvalue weighted by molar-refractivity contribution is 0.100. The summed E-state index contributed by atoms with van der Waals surface area (Å²) in [6, 6.07) is 10.6. The molecular formula is C22H22ClN5O3S. The van der Waals surface area contributed by atoms with E-state index >= 15 is 0 Å². The van der Waals surface area contributed by atoms with Crippen LogP contribution in [0.15, 0.2) is 42.6 Å². The SMILES string of the molecule is Cc1ccc(N(C(=O)c2cn(Cc3cc4nc(C)n(C)c4cc3Cl)c(C)n2)S(=O)O)cc1. The summed E-state index contributed by atoms with van der Waals surface area (Å²) in [5.74, 6) is 0.792. The van der Waals surface area contributed by atoms with Crippen LogP contribution in [0.25, 0.3) is 11.0 Å². The maximum Gasteiger partial charge on any atom is 0.292 e. The lowest BCUT2D eigenvalue weighted by Gasteiger charge is -2.16. The van der Waals surface area contributed by atoms with E-state index in [0.717, 1.165) is 32.3 Å². The first kappa shape index (κ1) is 22.2. The summed E-state index contributed by atoms with van der Waals surface area (Å²) in [7, 11) is 1.93. The summed E-state index contributed by atoms with van der Waals surface area (Å²) in [6.07, 6.45) is 1.57. The second kappa shape index (κ2) is 8.50. The van der Waals surface area contributed by atoms with Crippen molar-refractivity contribution in [3.8, 4) is 0 Å². The fourth-order valence-electron chi connectivity index (χ4n) is 3.52. The van der Waals surface area contributed by atoms with E-state index in [0.29, 0.717) is 23.1 Å². The molecule has 0 aliphatic carbocycles. The number of benzene rings is 2. The summed E-state index contributed by atoms with van der Waals surface area (Å²) >= 11 is 3.97. The Kier molecular flexibility index (Phi) is 5.89. The second-order valence-electron chi connectivity index (χ2n) is 7.62. The Bertz CT molecular complexity index is 1360. The summed E-state index contributed by atoms with van der Waals surface area (Å²) in [6.45, 7) is 5.96. The highest BCUT2D eigenvalue weighted by molar-refractivity contribution is 7.81. The van der Waals surface area contributed by atoms with Gasteiger partial charge in [0.15, 0.2) is 0 Å². The average molecular weight is 472 g/mol. The van der Waals surface area contributed by atoms with Gasteiger partial charge in [-0.25, -0.2) is 18.5 Å². The fourth-order valence-corrected chi connectivity index (χ4v) is 4.27. The number of carbonyl (C=O) groups excluding carboxylic acids is 1. The predicted molar refractivity (Wildman–Crippen MR) is 125 cm³/mol. The van der Waals surface area contributed by atoms with Gasteiger partial charge in [-0.1, -0.05) is 29.3 Å². The van der Waals surface area contributed by atoms with Crippen molar-refractivity contribution in [2.24, 2.45) is 7.05 Å². The van der Waals surface area contributed by atoms with E-state index in [1.165, 1.54) is 0 Å². The molecule has 1 atom stereocenters. The Labute approximate surface area is 192 Å². The molecule has 0 radical (unpaired) electrons. The number of aromatic nitrogens is 4. The van der Waals surface area contributed by atoms with Crippen molar-refractivity contribution < 1.29 is 13.6 Å². The first-order valence-corrected chi connectivity index (χ1v) is 11.3. The molecule has 0 aliphatic heterocycles. The van der Waals surface area contributed by atoms with Crippen LogP contribution >= 0.6 is 11.6 Å². The quantitative estimate of drug-likeness (QED) is 0.441. The molecule has 0 saturated heterocycles.